The molecule has 3 amide bonds. The maximum Gasteiger partial charge on any atom is 0.319 e. The van der Waals surface area contributed by atoms with Gasteiger partial charge in [0.25, 0.3) is 0 Å². The Kier molecular flexibility index (Phi) is 8.87. The number of rotatable bonds is 9. The molecule has 0 bridgehead atoms. The lowest BCUT2D eigenvalue weighted by Gasteiger charge is -2.35. The number of carbonyl (C=O) groups excluding carboxylic acids is 2. The van der Waals surface area contributed by atoms with Gasteiger partial charge in [-0.3, -0.25) is 4.79 Å². The molecule has 10 heteroatoms. The Hall–Kier alpha value is -2.17. The topological polar surface area (TPSA) is 129 Å². The summed E-state index contributed by atoms with van der Waals surface area (Å²) in [5, 5.41) is 21.9. The van der Waals surface area contributed by atoms with E-state index in [-0.39, 0.29) is 31.1 Å². The van der Waals surface area contributed by atoms with E-state index < -0.39 is 12.1 Å². The van der Waals surface area contributed by atoms with Crippen LogP contribution in [-0.4, -0.2) is 79.1 Å². The Balaban J connectivity index is 1.77. The fourth-order valence-corrected chi connectivity index (χ4v) is 3.33. The minimum atomic E-state index is -0.564. The third-order valence-electron chi connectivity index (χ3n) is 4.90. The number of aliphatic hydroxyl groups is 1. The summed E-state index contributed by atoms with van der Waals surface area (Å²) in [5.41, 5.74) is 1.12. The SMILES string of the molecule is Cc1noc(C)c1NC(=O)N[C@@H]1CC[C@H](CC(=O)NCCCN(C)C)O[C@@H]1CO. The van der Waals surface area contributed by atoms with Gasteiger partial charge in [0.1, 0.15) is 17.5 Å². The molecular formula is C19H33N5O5. The highest BCUT2D eigenvalue weighted by Crippen LogP contribution is 2.23. The van der Waals surface area contributed by atoms with Crippen molar-refractivity contribution in [1.82, 2.24) is 20.7 Å². The van der Waals surface area contributed by atoms with Crippen LogP contribution in [0.25, 0.3) is 0 Å². The number of nitrogens with one attached hydrogen (secondary N) is 3. The number of amides is 3. The maximum absolute atomic E-state index is 12.3. The fourth-order valence-electron chi connectivity index (χ4n) is 3.33. The van der Waals surface area contributed by atoms with E-state index in [0.717, 1.165) is 13.0 Å². The Bertz CT molecular complexity index is 658. The van der Waals surface area contributed by atoms with E-state index in [4.69, 9.17) is 9.26 Å². The third kappa shape index (κ3) is 7.30. The molecule has 164 valence electrons. The van der Waals surface area contributed by atoms with Gasteiger partial charge in [-0.05, 0) is 53.8 Å². The van der Waals surface area contributed by atoms with Crippen LogP contribution in [0, 0.1) is 13.8 Å². The van der Waals surface area contributed by atoms with E-state index in [2.05, 4.69) is 26.0 Å². The Morgan fingerprint density at radius 3 is 2.66 bits per heavy atom. The van der Waals surface area contributed by atoms with Gasteiger partial charge in [0, 0.05) is 6.54 Å². The van der Waals surface area contributed by atoms with Crippen LogP contribution < -0.4 is 16.0 Å². The van der Waals surface area contributed by atoms with Gasteiger partial charge in [0.05, 0.1) is 25.2 Å². The van der Waals surface area contributed by atoms with Crippen LogP contribution in [0.4, 0.5) is 10.5 Å². The number of aromatic nitrogens is 1. The molecule has 1 aromatic rings. The molecule has 10 nitrogen and oxygen atoms in total. The summed E-state index contributed by atoms with van der Waals surface area (Å²) in [6.07, 6.45) is 1.53. The monoisotopic (exact) mass is 411 g/mol. The molecule has 3 atom stereocenters. The van der Waals surface area contributed by atoms with Gasteiger partial charge in [-0.15, -0.1) is 0 Å². The highest BCUT2D eigenvalue weighted by atomic mass is 16.5. The molecule has 1 fully saturated rings. The van der Waals surface area contributed by atoms with Crippen molar-refractivity contribution < 1.29 is 24.0 Å². The minimum absolute atomic E-state index is 0.0620. The Morgan fingerprint density at radius 2 is 2.03 bits per heavy atom. The zero-order valence-corrected chi connectivity index (χ0v) is 17.7. The van der Waals surface area contributed by atoms with Gasteiger partial charge in [-0.2, -0.15) is 0 Å². The number of ether oxygens (including phenoxy) is 1. The Labute approximate surface area is 171 Å². The largest absolute Gasteiger partial charge is 0.394 e. The lowest BCUT2D eigenvalue weighted by molar-refractivity contribution is -0.130. The molecular weight excluding hydrogens is 378 g/mol. The molecule has 2 rings (SSSR count). The predicted octanol–water partition coefficient (Wildman–Crippen LogP) is 0.779. The van der Waals surface area contributed by atoms with E-state index in [1.54, 1.807) is 13.8 Å². The second kappa shape index (κ2) is 11.1. The Morgan fingerprint density at radius 1 is 1.28 bits per heavy atom. The number of anilines is 1. The van der Waals surface area contributed by atoms with Crippen molar-refractivity contribution in [3.63, 3.8) is 0 Å². The molecule has 29 heavy (non-hydrogen) atoms. The zero-order valence-electron chi connectivity index (χ0n) is 17.7. The first-order valence-corrected chi connectivity index (χ1v) is 9.98. The number of urea groups is 1. The average molecular weight is 412 g/mol. The lowest BCUT2D eigenvalue weighted by atomic mass is 9.97. The molecule has 0 aromatic carbocycles. The number of aryl methyl sites for hydroxylation is 2. The molecule has 1 aliphatic rings. The highest BCUT2D eigenvalue weighted by molar-refractivity contribution is 5.90. The number of nitrogens with zero attached hydrogens (tertiary/aromatic N) is 2. The van der Waals surface area contributed by atoms with Crippen LogP contribution in [0.1, 0.15) is 37.1 Å². The number of hydrogen-bond acceptors (Lipinski definition) is 7. The lowest BCUT2D eigenvalue weighted by Crippen LogP contribution is -2.52. The molecule has 0 aliphatic carbocycles. The van der Waals surface area contributed by atoms with Crippen molar-refractivity contribution in [2.24, 2.45) is 0 Å². The summed E-state index contributed by atoms with van der Waals surface area (Å²) in [4.78, 5) is 26.5. The number of aliphatic hydroxyl groups excluding tert-OH is 1. The van der Waals surface area contributed by atoms with Gasteiger partial charge in [-0.1, -0.05) is 5.16 Å². The molecule has 1 saturated heterocycles. The van der Waals surface area contributed by atoms with Crippen LogP contribution in [0.3, 0.4) is 0 Å². The summed E-state index contributed by atoms with van der Waals surface area (Å²) in [6.45, 7) is 4.75. The first kappa shape index (κ1) is 23.1. The molecule has 0 unspecified atom stereocenters. The minimum Gasteiger partial charge on any atom is -0.394 e. The van der Waals surface area contributed by atoms with Crippen molar-refractivity contribution in [2.45, 2.75) is 57.8 Å². The second-order valence-corrected chi connectivity index (χ2v) is 7.67. The number of hydrogen-bond donors (Lipinski definition) is 4. The van der Waals surface area contributed by atoms with Crippen LogP contribution in [0.2, 0.25) is 0 Å². The first-order valence-electron chi connectivity index (χ1n) is 9.98. The molecule has 0 saturated carbocycles. The first-order chi connectivity index (χ1) is 13.8. The summed E-state index contributed by atoms with van der Waals surface area (Å²) in [7, 11) is 3.98. The maximum atomic E-state index is 12.3. The van der Waals surface area contributed by atoms with Crippen molar-refractivity contribution >= 4 is 17.6 Å². The van der Waals surface area contributed by atoms with Crippen molar-refractivity contribution in [3.05, 3.63) is 11.5 Å². The quantitative estimate of drug-likeness (QED) is 0.442. The van der Waals surface area contributed by atoms with E-state index in [0.29, 0.717) is 36.5 Å². The van der Waals surface area contributed by atoms with Crippen molar-refractivity contribution in [2.75, 3.05) is 39.1 Å². The van der Waals surface area contributed by atoms with Gasteiger partial charge in [0.15, 0.2) is 5.76 Å². The summed E-state index contributed by atoms with van der Waals surface area (Å²) >= 11 is 0. The van der Waals surface area contributed by atoms with Crippen LogP contribution in [-0.2, 0) is 9.53 Å². The zero-order chi connectivity index (χ0) is 21.4. The molecule has 0 radical (unpaired) electrons. The second-order valence-electron chi connectivity index (χ2n) is 7.67. The molecule has 1 aliphatic heterocycles. The van der Waals surface area contributed by atoms with E-state index in [1.807, 2.05) is 14.1 Å². The van der Waals surface area contributed by atoms with E-state index >= 15 is 0 Å². The van der Waals surface area contributed by atoms with Crippen LogP contribution in [0.5, 0.6) is 0 Å². The normalized spacial score (nSPS) is 21.8. The standard InChI is InChI=1S/C19H33N5O5/c1-12-18(13(2)29-23-12)22-19(27)21-15-7-6-14(28-16(15)11-25)10-17(26)20-8-5-9-24(3)4/h14-16,25H,5-11H2,1-4H3,(H,20,26)(H2,21,22,27)/t14-,15-,16-/m1/s1. The van der Waals surface area contributed by atoms with Crippen molar-refractivity contribution in [1.29, 1.82) is 0 Å². The van der Waals surface area contributed by atoms with Crippen molar-refractivity contribution in [3.8, 4) is 0 Å². The predicted molar refractivity (Wildman–Crippen MR) is 108 cm³/mol. The fraction of sp³-hybridized carbons (Fsp3) is 0.737. The smallest absolute Gasteiger partial charge is 0.319 e. The number of carbonyl (C=O) groups is 2. The van der Waals surface area contributed by atoms with Gasteiger partial charge in [0.2, 0.25) is 5.91 Å². The summed E-state index contributed by atoms with van der Waals surface area (Å²) in [6, 6.07) is -0.761. The molecule has 0 spiro atoms. The third-order valence-corrected chi connectivity index (χ3v) is 4.90. The van der Waals surface area contributed by atoms with E-state index in [1.165, 1.54) is 0 Å². The van der Waals surface area contributed by atoms with Gasteiger partial charge >= 0.3 is 6.03 Å². The average Bonchev–Trinajstić information content (AvgIpc) is 2.98. The van der Waals surface area contributed by atoms with Gasteiger partial charge in [-0.25, -0.2) is 4.79 Å². The summed E-state index contributed by atoms with van der Waals surface area (Å²) < 4.78 is 10.9. The van der Waals surface area contributed by atoms with Gasteiger partial charge < -0.3 is 35.2 Å². The summed E-state index contributed by atoms with van der Waals surface area (Å²) in [5.74, 6) is 0.459. The van der Waals surface area contributed by atoms with Crippen LogP contribution >= 0.6 is 0 Å². The van der Waals surface area contributed by atoms with Crippen LogP contribution in [0.15, 0.2) is 4.52 Å². The van der Waals surface area contributed by atoms with E-state index in [9.17, 15) is 14.7 Å². The molecule has 1 aromatic heterocycles. The molecule has 4 N–H and O–H groups in total. The highest BCUT2D eigenvalue weighted by Gasteiger charge is 2.33. The molecule has 2 heterocycles.